The number of hydrogen-bond donors (Lipinski definition) is 5. The van der Waals surface area contributed by atoms with Gasteiger partial charge in [-0.25, -0.2) is 0 Å². The lowest BCUT2D eigenvalue weighted by molar-refractivity contribution is -0.132. The van der Waals surface area contributed by atoms with E-state index in [0.29, 0.717) is 19.3 Å². The minimum atomic E-state index is -1.27. The molecular formula is C30H59NO5. The van der Waals surface area contributed by atoms with Crippen molar-refractivity contribution in [3.05, 3.63) is 12.2 Å². The van der Waals surface area contributed by atoms with E-state index in [0.717, 1.165) is 38.5 Å². The van der Waals surface area contributed by atoms with Crippen molar-refractivity contribution in [3.63, 3.8) is 0 Å². The van der Waals surface area contributed by atoms with E-state index in [4.69, 9.17) is 0 Å². The van der Waals surface area contributed by atoms with Crippen molar-refractivity contribution in [1.82, 2.24) is 5.32 Å². The predicted molar refractivity (Wildman–Crippen MR) is 150 cm³/mol. The largest absolute Gasteiger partial charge is 0.394 e. The van der Waals surface area contributed by atoms with Gasteiger partial charge in [-0.05, 0) is 32.1 Å². The molecule has 4 unspecified atom stereocenters. The van der Waals surface area contributed by atoms with Crippen LogP contribution in [0.4, 0.5) is 0 Å². The summed E-state index contributed by atoms with van der Waals surface area (Å²) in [5, 5.41) is 42.8. The first-order valence-corrected chi connectivity index (χ1v) is 15.1. The number of aliphatic hydroxyl groups excluding tert-OH is 4. The third-order valence-electron chi connectivity index (χ3n) is 6.96. The Morgan fingerprint density at radius 1 is 0.667 bits per heavy atom. The molecule has 214 valence electrons. The van der Waals surface area contributed by atoms with Crippen LogP contribution in [-0.4, -0.2) is 57.3 Å². The SMILES string of the molecule is CCC/C=C/CCCC(O)C(O)C(CO)NC(=O)C(O)CCCCCCCCCCCCCCCC. The number of unbranched alkanes of at least 4 members (excludes halogenated alkanes) is 15. The Balaban J connectivity index is 3.85. The normalized spacial score (nSPS) is 15.2. The summed E-state index contributed by atoms with van der Waals surface area (Å²) in [4.78, 5) is 12.3. The molecule has 0 saturated heterocycles. The molecule has 0 saturated carbocycles. The second-order valence-corrected chi connectivity index (χ2v) is 10.4. The third-order valence-corrected chi connectivity index (χ3v) is 6.96. The van der Waals surface area contributed by atoms with Crippen LogP contribution >= 0.6 is 0 Å². The Bertz CT molecular complexity index is 514. The lowest BCUT2D eigenvalue weighted by Crippen LogP contribution is -2.53. The molecule has 0 aromatic rings. The zero-order chi connectivity index (χ0) is 26.9. The van der Waals surface area contributed by atoms with Crippen LogP contribution < -0.4 is 5.32 Å². The fourth-order valence-electron chi connectivity index (χ4n) is 4.47. The molecule has 6 heteroatoms. The Morgan fingerprint density at radius 2 is 1.17 bits per heavy atom. The molecule has 4 atom stereocenters. The minimum absolute atomic E-state index is 0.366. The maximum absolute atomic E-state index is 12.3. The summed E-state index contributed by atoms with van der Waals surface area (Å²) < 4.78 is 0. The van der Waals surface area contributed by atoms with Crippen molar-refractivity contribution in [2.75, 3.05) is 6.61 Å². The molecule has 5 N–H and O–H groups in total. The third kappa shape index (κ3) is 20.1. The van der Waals surface area contributed by atoms with Gasteiger partial charge in [0.2, 0.25) is 5.91 Å². The molecule has 0 radical (unpaired) electrons. The van der Waals surface area contributed by atoms with Crippen LogP contribution in [0.3, 0.4) is 0 Å². The van der Waals surface area contributed by atoms with Gasteiger partial charge in [0, 0.05) is 0 Å². The van der Waals surface area contributed by atoms with E-state index in [1.807, 2.05) is 0 Å². The first-order chi connectivity index (χ1) is 17.5. The highest BCUT2D eigenvalue weighted by Gasteiger charge is 2.28. The van der Waals surface area contributed by atoms with Crippen molar-refractivity contribution in [2.24, 2.45) is 0 Å². The molecule has 0 rings (SSSR count). The van der Waals surface area contributed by atoms with Crippen LogP contribution in [0.2, 0.25) is 0 Å². The standard InChI is InChI=1S/C30H59NO5/c1-3-5-7-9-11-12-13-14-15-16-17-18-20-22-24-28(34)30(36)31-26(25-32)29(35)27(33)23-21-19-10-8-6-4-2/h8,10,26-29,32-35H,3-7,9,11-25H2,1-2H3,(H,31,36)/b10-8+. The second kappa shape index (κ2) is 25.7. The van der Waals surface area contributed by atoms with E-state index in [1.54, 1.807) is 0 Å². The van der Waals surface area contributed by atoms with Crippen LogP contribution in [0.15, 0.2) is 12.2 Å². The summed E-state index contributed by atoms with van der Waals surface area (Å²) in [6, 6.07) is -0.992. The van der Waals surface area contributed by atoms with E-state index in [-0.39, 0.29) is 0 Å². The number of amides is 1. The van der Waals surface area contributed by atoms with Crippen LogP contribution in [-0.2, 0) is 4.79 Å². The molecule has 36 heavy (non-hydrogen) atoms. The van der Waals surface area contributed by atoms with Crippen molar-refractivity contribution in [3.8, 4) is 0 Å². The number of allylic oxidation sites excluding steroid dienone is 2. The summed E-state index contributed by atoms with van der Waals surface area (Å²) in [6.45, 7) is 3.88. The van der Waals surface area contributed by atoms with Crippen molar-refractivity contribution < 1.29 is 25.2 Å². The van der Waals surface area contributed by atoms with Gasteiger partial charge in [0.05, 0.1) is 18.8 Å². The van der Waals surface area contributed by atoms with Crippen LogP contribution in [0.5, 0.6) is 0 Å². The van der Waals surface area contributed by atoms with E-state index in [2.05, 4.69) is 31.3 Å². The van der Waals surface area contributed by atoms with Crippen molar-refractivity contribution in [1.29, 1.82) is 0 Å². The van der Waals surface area contributed by atoms with E-state index in [9.17, 15) is 25.2 Å². The van der Waals surface area contributed by atoms with Gasteiger partial charge in [-0.3, -0.25) is 4.79 Å². The van der Waals surface area contributed by atoms with Gasteiger partial charge in [-0.15, -0.1) is 0 Å². The maximum atomic E-state index is 12.3. The van der Waals surface area contributed by atoms with Gasteiger partial charge in [-0.2, -0.15) is 0 Å². The second-order valence-electron chi connectivity index (χ2n) is 10.4. The van der Waals surface area contributed by atoms with Crippen molar-refractivity contribution in [2.45, 2.75) is 167 Å². The predicted octanol–water partition coefficient (Wildman–Crippen LogP) is 5.94. The molecule has 6 nitrogen and oxygen atoms in total. The number of nitrogens with one attached hydrogen (secondary N) is 1. The lowest BCUT2D eigenvalue weighted by atomic mass is 10.00. The number of carbonyl (C=O) groups excluding carboxylic acids is 1. The van der Waals surface area contributed by atoms with E-state index >= 15 is 0 Å². The van der Waals surface area contributed by atoms with Crippen LogP contribution in [0.1, 0.15) is 142 Å². The van der Waals surface area contributed by atoms with E-state index in [1.165, 1.54) is 70.6 Å². The fourth-order valence-corrected chi connectivity index (χ4v) is 4.47. The molecule has 0 spiro atoms. The summed E-state index contributed by atoms with van der Waals surface area (Å²) in [5.41, 5.74) is 0. The zero-order valence-electron chi connectivity index (χ0n) is 23.5. The average Bonchev–Trinajstić information content (AvgIpc) is 2.88. The topological polar surface area (TPSA) is 110 Å². The molecule has 0 heterocycles. The molecule has 0 bridgehead atoms. The number of carbonyl (C=O) groups is 1. The monoisotopic (exact) mass is 513 g/mol. The molecule has 0 aliphatic heterocycles. The summed E-state index contributed by atoms with van der Waals surface area (Å²) in [6.07, 6.45) is 22.6. The highest BCUT2D eigenvalue weighted by atomic mass is 16.3. The number of hydrogen-bond acceptors (Lipinski definition) is 5. The lowest BCUT2D eigenvalue weighted by Gasteiger charge is -2.27. The Morgan fingerprint density at radius 3 is 1.67 bits per heavy atom. The highest BCUT2D eigenvalue weighted by molar-refractivity contribution is 5.80. The van der Waals surface area contributed by atoms with Gasteiger partial charge in [0.1, 0.15) is 12.2 Å². The highest BCUT2D eigenvalue weighted by Crippen LogP contribution is 2.14. The first-order valence-electron chi connectivity index (χ1n) is 15.1. The average molecular weight is 514 g/mol. The van der Waals surface area contributed by atoms with Crippen LogP contribution in [0, 0.1) is 0 Å². The van der Waals surface area contributed by atoms with Gasteiger partial charge in [-0.1, -0.05) is 122 Å². The van der Waals surface area contributed by atoms with Gasteiger partial charge in [0.25, 0.3) is 0 Å². The first kappa shape index (κ1) is 35.0. The minimum Gasteiger partial charge on any atom is -0.394 e. The Kier molecular flexibility index (Phi) is 25.0. The Labute approximate surface area is 222 Å². The molecule has 0 aliphatic rings. The fraction of sp³-hybridized carbons (Fsp3) is 0.900. The Hall–Kier alpha value is -0.950. The quantitative estimate of drug-likeness (QED) is 0.0726. The van der Waals surface area contributed by atoms with Gasteiger partial charge >= 0.3 is 0 Å². The molecule has 1 amide bonds. The molecule has 0 aromatic carbocycles. The molecule has 0 fully saturated rings. The summed E-state index contributed by atoms with van der Waals surface area (Å²) >= 11 is 0. The zero-order valence-corrected chi connectivity index (χ0v) is 23.5. The smallest absolute Gasteiger partial charge is 0.249 e. The van der Waals surface area contributed by atoms with E-state index < -0.39 is 36.9 Å². The van der Waals surface area contributed by atoms with Gasteiger partial charge in [0.15, 0.2) is 0 Å². The van der Waals surface area contributed by atoms with Crippen LogP contribution in [0.25, 0.3) is 0 Å². The summed E-state index contributed by atoms with van der Waals surface area (Å²) in [7, 11) is 0. The van der Waals surface area contributed by atoms with Gasteiger partial charge < -0.3 is 25.7 Å². The maximum Gasteiger partial charge on any atom is 0.249 e. The summed E-state index contributed by atoms with van der Waals surface area (Å²) in [5.74, 6) is -0.600. The number of aliphatic hydroxyl groups is 4. The molecular weight excluding hydrogens is 454 g/mol. The number of rotatable bonds is 26. The van der Waals surface area contributed by atoms with Crippen molar-refractivity contribution >= 4 is 5.91 Å². The molecule has 0 aliphatic carbocycles. The molecule has 0 aromatic heterocycles.